The fourth-order valence-corrected chi connectivity index (χ4v) is 2.36. The van der Waals surface area contributed by atoms with Crippen LogP contribution in [0.2, 0.25) is 0 Å². The first-order valence-electron chi connectivity index (χ1n) is 8.78. The van der Waals surface area contributed by atoms with Crippen LogP contribution < -0.4 is 20.1 Å². The number of furan rings is 1. The number of ether oxygens (including phenoxy) is 3. The Bertz CT molecular complexity index is 730. The first-order chi connectivity index (χ1) is 13.6. The summed E-state index contributed by atoms with van der Waals surface area (Å²) in [4.78, 5) is 4.11. The molecule has 0 bridgehead atoms. The molecule has 0 atom stereocenters. The fourth-order valence-electron chi connectivity index (χ4n) is 2.36. The molecule has 0 amide bonds. The predicted octanol–water partition coefficient (Wildman–Crippen LogP) is 3.78. The zero-order valence-corrected chi connectivity index (χ0v) is 18.7. The number of aliphatic imine (C=N–C) groups is 1. The summed E-state index contributed by atoms with van der Waals surface area (Å²) < 4.78 is 45.6. The molecule has 0 aliphatic rings. The van der Waals surface area contributed by atoms with Crippen molar-refractivity contribution in [3.8, 4) is 11.5 Å². The van der Waals surface area contributed by atoms with Gasteiger partial charge >= 0.3 is 6.61 Å². The summed E-state index contributed by atoms with van der Waals surface area (Å²) >= 11 is 0. The van der Waals surface area contributed by atoms with Crippen LogP contribution in [0.25, 0.3) is 0 Å². The van der Waals surface area contributed by atoms with Crippen molar-refractivity contribution in [3.63, 3.8) is 0 Å². The van der Waals surface area contributed by atoms with Crippen LogP contribution in [0.1, 0.15) is 17.7 Å². The molecule has 0 saturated carbocycles. The van der Waals surface area contributed by atoms with Crippen molar-refractivity contribution in [1.82, 2.24) is 10.6 Å². The van der Waals surface area contributed by atoms with E-state index in [4.69, 9.17) is 13.9 Å². The summed E-state index contributed by atoms with van der Waals surface area (Å²) in [6.07, 6.45) is 2.38. The first kappa shape index (κ1) is 25.0. The van der Waals surface area contributed by atoms with Crippen molar-refractivity contribution < 1.29 is 27.4 Å². The third kappa shape index (κ3) is 9.31. The average Bonchev–Trinajstić information content (AvgIpc) is 3.20. The maximum absolute atomic E-state index is 12.6. The Morgan fingerprint density at radius 1 is 1.24 bits per heavy atom. The van der Waals surface area contributed by atoms with E-state index in [1.54, 1.807) is 25.4 Å². The van der Waals surface area contributed by atoms with Crippen LogP contribution in [-0.4, -0.2) is 39.9 Å². The van der Waals surface area contributed by atoms with Crippen molar-refractivity contribution in [2.24, 2.45) is 4.99 Å². The van der Waals surface area contributed by atoms with E-state index in [9.17, 15) is 8.78 Å². The molecule has 2 N–H and O–H groups in total. The number of benzene rings is 1. The van der Waals surface area contributed by atoms with Gasteiger partial charge in [-0.2, -0.15) is 8.78 Å². The maximum atomic E-state index is 12.6. The van der Waals surface area contributed by atoms with Crippen LogP contribution in [0, 0.1) is 0 Å². The van der Waals surface area contributed by atoms with E-state index < -0.39 is 6.61 Å². The van der Waals surface area contributed by atoms with Crippen molar-refractivity contribution >= 4 is 29.9 Å². The van der Waals surface area contributed by atoms with Crippen molar-refractivity contribution in [2.45, 2.75) is 26.2 Å². The van der Waals surface area contributed by atoms with E-state index in [1.807, 2.05) is 12.1 Å². The lowest BCUT2D eigenvalue weighted by Crippen LogP contribution is -2.37. The number of nitrogens with zero attached hydrogens (tertiary/aromatic N) is 1. The van der Waals surface area contributed by atoms with Gasteiger partial charge in [-0.1, -0.05) is 0 Å². The minimum Gasteiger partial charge on any atom is -0.497 e. The fraction of sp³-hybridized carbons (Fsp3) is 0.421. The Morgan fingerprint density at radius 2 is 2.07 bits per heavy atom. The molecule has 0 fully saturated rings. The highest BCUT2D eigenvalue weighted by Gasteiger charge is 2.11. The molecule has 2 rings (SSSR count). The number of methoxy groups -OCH3 is 1. The molecule has 0 unspecified atom stereocenters. The van der Waals surface area contributed by atoms with Gasteiger partial charge in [-0.05, 0) is 30.7 Å². The van der Waals surface area contributed by atoms with Crippen LogP contribution in [-0.2, 0) is 17.9 Å². The number of nitrogens with one attached hydrogen (secondary N) is 2. The largest absolute Gasteiger partial charge is 0.497 e. The topological polar surface area (TPSA) is 77.3 Å². The number of hydrogen-bond donors (Lipinski definition) is 2. The molecule has 2 aromatic rings. The number of rotatable bonds is 11. The van der Waals surface area contributed by atoms with Crippen LogP contribution >= 0.6 is 24.0 Å². The molecule has 0 saturated heterocycles. The summed E-state index contributed by atoms with van der Waals surface area (Å²) in [5.41, 5.74) is 0.561. The molecule has 0 radical (unpaired) electrons. The highest BCUT2D eigenvalue weighted by atomic mass is 127. The molecule has 1 heterocycles. The quantitative estimate of drug-likeness (QED) is 0.201. The molecular formula is C19H26F2IN3O4. The van der Waals surface area contributed by atoms with Crippen molar-refractivity contribution in [3.05, 3.63) is 47.9 Å². The molecule has 1 aromatic carbocycles. The van der Waals surface area contributed by atoms with Gasteiger partial charge in [-0.15, -0.1) is 24.0 Å². The number of hydrogen-bond acceptors (Lipinski definition) is 5. The van der Waals surface area contributed by atoms with Gasteiger partial charge in [0.15, 0.2) is 5.96 Å². The maximum Gasteiger partial charge on any atom is 0.387 e. The molecule has 29 heavy (non-hydrogen) atoms. The molecular weight excluding hydrogens is 499 g/mol. The summed E-state index contributed by atoms with van der Waals surface area (Å²) in [6, 6.07) is 8.45. The standard InChI is InChI=1S/C19H25F2N3O4.HI/c1-22-19(23-8-4-9-26-13-16-5-3-10-27-16)24-12-14-6-7-15(25-2)11-17(14)28-18(20)21;/h3,5-7,10-11,18H,4,8-9,12-13H2,1-2H3,(H2,22,23,24);1H. The van der Waals surface area contributed by atoms with Crippen molar-refractivity contribution in [2.75, 3.05) is 27.3 Å². The molecule has 7 nitrogen and oxygen atoms in total. The van der Waals surface area contributed by atoms with Crippen LogP contribution in [0.5, 0.6) is 11.5 Å². The number of halogens is 3. The zero-order valence-electron chi connectivity index (χ0n) is 16.3. The third-order valence-corrected chi connectivity index (χ3v) is 3.74. The first-order valence-corrected chi connectivity index (χ1v) is 8.78. The smallest absolute Gasteiger partial charge is 0.387 e. The summed E-state index contributed by atoms with van der Waals surface area (Å²) in [5, 5.41) is 6.21. The lowest BCUT2D eigenvalue weighted by Gasteiger charge is -2.15. The Morgan fingerprint density at radius 3 is 2.72 bits per heavy atom. The predicted molar refractivity (Wildman–Crippen MR) is 116 cm³/mol. The lowest BCUT2D eigenvalue weighted by atomic mass is 10.2. The van der Waals surface area contributed by atoms with Gasteiger partial charge in [-0.3, -0.25) is 4.99 Å². The Kier molecular flexibility index (Phi) is 12.0. The molecule has 162 valence electrons. The van der Waals surface area contributed by atoms with Crippen molar-refractivity contribution in [1.29, 1.82) is 0 Å². The van der Waals surface area contributed by atoms with Gasteiger partial charge in [0.05, 0.1) is 13.4 Å². The Hall–Kier alpha value is -2.08. The normalized spacial score (nSPS) is 11.1. The Labute approximate surface area is 185 Å². The molecule has 0 aliphatic heterocycles. The second kappa shape index (κ2) is 14.0. The molecule has 10 heteroatoms. The number of guanidine groups is 1. The molecule has 0 spiro atoms. The minimum absolute atomic E-state index is 0. The summed E-state index contributed by atoms with van der Waals surface area (Å²) in [6.45, 7) is -1.01. The second-order valence-corrected chi connectivity index (χ2v) is 5.69. The van der Waals surface area contributed by atoms with E-state index in [0.29, 0.717) is 37.0 Å². The molecule has 1 aromatic heterocycles. The van der Waals surface area contributed by atoms with Gasteiger partial charge in [0, 0.05) is 38.4 Å². The van der Waals surface area contributed by atoms with Gasteiger partial charge in [0.2, 0.25) is 0 Å². The van der Waals surface area contributed by atoms with Gasteiger partial charge in [0.25, 0.3) is 0 Å². The highest BCUT2D eigenvalue weighted by molar-refractivity contribution is 14.0. The van der Waals surface area contributed by atoms with Gasteiger partial charge in [0.1, 0.15) is 23.9 Å². The Balaban J connectivity index is 0.00000420. The number of alkyl halides is 2. The SMILES string of the molecule is CN=C(NCCCOCc1ccco1)NCc1ccc(OC)cc1OC(F)F.I. The summed E-state index contributed by atoms with van der Waals surface area (Å²) in [7, 11) is 3.09. The van der Waals surface area contributed by atoms with Gasteiger partial charge < -0.3 is 29.3 Å². The summed E-state index contributed by atoms with van der Waals surface area (Å²) in [5.74, 6) is 1.83. The van der Waals surface area contributed by atoms with E-state index >= 15 is 0 Å². The van der Waals surface area contributed by atoms with Crippen LogP contribution in [0.3, 0.4) is 0 Å². The third-order valence-electron chi connectivity index (χ3n) is 3.74. The van der Waals surface area contributed by atoms with Gasteiger partial charge in [-0.25, -0.2) is 0 Å². The van der Waals surface area contributed by atoms with E-state index in [0.717, 1.165) is 12.2 Å². The van der Waals surface area contributed by atoms with E-state index in [2.05, 4.69) is 20.4 Å². The van der Waals surface area contributed by atoms with E-state index in [1.165, 1.54) is 13.2 Å². The zero-order chi connectivity index (χ0) is 20.2. The van der Waals surface area contributed by atoms with E-state index in [-0.39, 0.29) is 36.3 Å². The minimum atomic E-state index is -2.91. The van der Waals surface area contributed by atoms with Crippen LogP contribution in [0.4, 0.5) is 8.78 Å². The van der Waals surface area contributed by atoms with Crippen LogP contribution in [0.15, 0.2) is 46.0 Å². The molecule has 0 aliphatic carbocycles. The highest BCUT2D eigenvalue weighted by Crippen LogP contribution is 2.26. The monoisotopic (exact) mass is 525 g/mol. The average molecular weight is 525 g/mol. The lowest BCUT2D eigenvalue weighted by molar-refractivity contribution is -0.0505. The second-order valence-electron chi connectivity index (χ2n) is 5.69.